The molecule has 24 heavy (non-hydrogen) atoms. The second-order valence-corrected chi connectivity index (χ2v) is 6.81. The SMILES string of the molecule is CCc1ccc(CN2CC[C@H]3[C@H]2CCN3C(=O)c2cnn(C)c2)o1. The molecule has 0 radical (unpaired) electrons. The first-order valence-corrected chi connectivity index (χ1v) is 8.77. The van der Waals surface area contributed by atoms with Gasteiger partial charge in [0, 0.05) is 44.8 Å². The Balaban J connectivity index is 1.44. The van der Waals surface area contributed by atoms with E-state index >= 15 is 0 Å². The van der Waals surface area contributed by atoms with E-state index in [9.17, 15) is 4.79 Å². The standard InChI is InChI=1S/C18H24N4O2/c1-3-14-4-5-15(24-14)12-21-8-6-17-16(21)7-9-22(17)18(23)13-10-19-20(2)11-13/h4-5,10-11,16-17H,3,6-9,12H2,1-2H3/t16-,17+/m1/s1. The van der Waals surface area contributed by atoms with Gasteiger partial charge >= 0.3 is 0 Å². The Hall–Kier alpha value is -2.08. The predicted octanol–water partition coefficient (Wildman–Crippen LogP) is 2.06. The second kappa shape index (κ2) is 6.09. The van der Waals surface area contributed by atoms with Crippen LogP contribution in [-0.4, -0.2) is 50.7 Å². The van der Waals surface area contributed by atoms with E-state index in [0.29, 0.717) is 17.6 Å². The first-order chi connectivity index (χ1) is 11.7. The molecule has 4 rings (SSSR count). The zero-order valence-electron chi connectivity index (χ0n) is 14.3. The van der Waals surface area contributed by atoms with Gasteiger partial charge < -0.3 is 9.32 Å². The van der Waals surface area contributed by atoms with Crippen LogP contribution in [0.15, 0.2) is 28.9 Å². The molecule has 0 N–H and O–H groups in total. The van der Waals surface area contributed by atoms with Gasteiger partial charge in [0.15, 0.2) is 0 Å². The van der Waals surface area contributed by atoms with Crippen LogP contribution in [-0.2, 0) is 20.0 Å². The van der Waals surface area contributed by atoms with Gasteiger partial charge in [-0.3, -0.25) is 14.4 Å². The highest BCUT2D eigenvalue weighted by Crippen LogP contribution is 2.33. The van der Waals surface area contributed by atoms with Crippen molar-refractivity contribution in [1.29, 1.82) is 0 Å². The van der Waals surface area contributed by atoms with Crippen LogP contribution in [0.25, 0.3) is 0 Å². The van der Waals surface area contributed by atoms with Gasteiger partial charge in [-0.1, -0.05) is 6.92 Å². The van der Waals surface area contributed by atoms with Gasteiger partial charge in [-0.15, -0.1) is 0 Å². The fourth-order valence-electron chi connectivity index (χ4n) is 4.12. The largest absolute Gasteiger partial charge is 0.465 e. The molecule has 2 aliphatic heterocycles. The molecule has 0 spiro atoms. The molecule has 0 aromatic carbocycles. The molecule has 2 saturated heterocycles. The van der Waals surface area contributed by atoms with Crippen molar-refractivity contribution < 1.29 is 9.21 Å². The Morgan fingerprint density at radius 1 is 1.25 bits per heavy atom. The lowest BCUT2D eigenvalue weighted by atomic mass is 10.1. The van der Waals surface area contributed by atoms with Crippen LogP contribution in [0.5, 0.6) is 0 Å². The number of amides is 1. The Bertz CT molecular complexity index is 735. The van der Waals surface area contributed by atoms with Crippen molar-refractivity contribution in [2.24, 2.45) is 7.05 Å². The monoisotopic (exact) mass is 328 g/mol. The molecule has 2 aromatic rings. The maximum Gasteiger partial charge on any atom is 0.257 e. The van der Waals surface area contributed by atoms with Gasteiger partial charge in [-0.2, -0.15) is 5.10 Å². The van der Waals surface area contributed by atoms with Gasteiger partial charge in [-0.25, -0.2) is 0 Å². The highest BCUT2D eigenvalue weighted by molar-refractivity contribution is 5.94. The van der Waals surface area contributed by atoms with Crippen LogP contribution in [0.2, 0.25) is 0 Å². The Labute approximate surface area is 142 Å². The van der Waals surface area contributed by atoms with Gasteiger partial charge in [-0.05, 0) is 25.0 Å². The van der Waals surface area contributed by atoms with Crippen molar-refractivity contribution in [2.75, 3.05) is 13.1 Å². The average Bonchev–Trinajstić information content (AvgIpc) is 3.32. The third kappa shape index (κ3) is 2.65. The van der Waals surface area contributed by atoms with Gasteiger partial charge in [0.05, 0.1) is 18.3 Å². The summed E-state index contributed by atoms with van der Waals surface area (Å²) in [5, 5.41) is 4.12. The van der Waals surface area contributed by atoms with Crippen LogP contribution in [0.1, 0.15) is 41.6 Å². The molecule has 4 heterocycles. The van der Waals surface area contributed by atoms with E-state index in [1.165, 1.54) is 0 Å². The summed E-state index contributed by atoms with van der Waals surface area (Å²) in [6.07, 6.45) is 6.48. The first-order valence-electron chi connectivity index (χ1n) is 8.77. The number of fused-ring (bicyclic) bond motifs is 1. The second-order valence-electron chi connectivity index (χ2n) is 6.81. The van der Waals surface area contributed by atoms with Crippen LogP contribution in [0.3, 0.4) is 0 Å². The molecule has 2 aliphatic rings. The fraction of sp³-hybridized carbons (Fsp3) is 0.556. The number of hydrogen-bond acceptors (Lipinski definition) is 4. The molecule has 6 heteroatoms. The Kier molecular flexibility index (Phi) is 3.92. The topological polar surface area (TPSA) is 54.5 Å². The van der Waals surface area contributed by atoms with Gasteiger partial charge in [0.1, 0.15) is 11.5 Å². The lowest BCUT2D eigenvalue weighted by Crippen LogP contribution is -2.39. The van der Waals surface area contributed by atoms with E-state index in [4.69, 9.17) is 4.42 Å². The molecule has 0 saturated carbocycles. The normalized spacial score (nSPS) is 23.8. The zero-order chi connectivity index (χ0) is 16.7. The van der Waals surface area contributed by atoms with Gasteiger partial charge in [0.25, 0.3) is 5.91 Å². The van der Waals surface area contributed by atoms with Crippen LogP contribution < -0.4 is 0 Å². The molecule has 1 amide bonds. The number of aromatic nitrogens is 2. The molecule has 2 aromatic heterocycles. The van der Waals surface area contributed by atoms with Crippen molar-refractivity contribution in [1.82, 2.24) is 19.6 Å². The summed E-state index contributed by atoms with van der Waals surface area (Å²) in [7, 11) is 1.84. The lowest BCUT2D eigenvalue weighted by Gasteiger charge is -2.25. The highest BCUT2D eigenvalue weighted by Gasteiger charge is 2.44. The number of aryl methyl sites for hydroxylation is 2. The van der Waals surface area contributed by atoms with Crippen LogP contribution >= 0.6 is 0 Å². The number of carbonyl (C=O) groups is 1. The van der Waals surface area contributed by atoms with Crippen molar-refractivity contribution in [3.63, 3.8) is 0 Å². The quantitative estimate of drug-likeness (QED) is 0.862. The Morgan fingerprint density at radius 2 is 2.04 bits per heavy atom. The highest BCUT2D eigenvalue weighted by atomic mass is 16.3. The molecular formula is C18H24N4O2. The number of nitrogens with zero attached hydrogens (tertiary/aromatic N) is 4. The zero-order valence-corrected chi connectivity index (χ0v) is 14.3. The summed E-state index contributed by atoms with van der Waals surface area (Å²) < 4.78 is 7.54. The molecule has 128 valence electrons. The van der Waals surface area contributed by atoms with E-state index < -0.39 is 0 Å². The minimum absolute atomic E-state index is 0.115. The minimum Gasteiger partial charge on any atom is -0.465 e. The van der Waals surface area contributed by atoms with E-state index in [2.05, 4.69) is 29.1 Å². The molecular weight excluding hydrogens is 304 g/mol. The average molecular weight is 328 g/mol. The van der Waals surface area contributed by atoms with Crippen LogP contribution in [0.4, 0.5) is 0 Å². The van der Waals surface area contributed by atoms with Crippen molar-refractivity contribution in [2.45, 2.75) is 44.8 Å². The lowest BCUT2D eigenvalue weighted by molar-refractivity contribution is 0.0731. The van der Waals surface area contributed by atoms with Crippen LogP contribution in [0, 0.1) is 0 Å². The molecule has 0 aliphatic carbocycles. The third-order valence-corrected chi connectivity index (χ3v) is 5.33. The summed E-state index contributed by atoms with van der Waals surface area (Å²) in [5.41, 5.74) is 0.690. The first kappa shape index (κ1) is 15.4. The van der Waals surface area contributed by atoms with E-state index in [0.717, 1.165) is 50.4 Å². The molecule has 2 atom stereocenters. The number of hydrogen-bond donors (Lipinski definition) is 0. The number of rotatable bonds is 4. The van der Waals surface area contributed by atoms with E-state index in [1.807, 2.05) is 11.9 Å². The summed E-state index contributed by atoms with van der Waals surface area (Å²) in [6.45, 7) is 4.80. The van der Waals surface area contributed by atoms with E-state index in [-0.39, 0.29) is 5.91 Å². The summed E-state index contributed by atoms with van der Waals surface area (Å²) >= 11 is 0. The summed E-state index contributed by atoms with van der Waals surface area (Å²) in [4.78, 5) is 17.3. The molecule has 6 nitrogen and oxygen atoms in total. The maximum atomic E-state index is 12.7. The van der Waals surface area contributed by atoms with E-state index in [1.54, 1.807) is 17.1 Å². The van der Waals surface area contributed by atoms with Gasteiger partial charge in [0.2, 0.25) is 0 Å². The predicted molar refractivity (Wildman–Crippen MR) is 89.6 cm³/mol. The summed E-state index contributed by atoms with van der Waals surface area (Å²) in [5.74, 6) is 2.19. The molecule has 0 unspecified atom stereocenters. The number of furan rings is 1. The van der Waals surface area contributed by atoms with Crippen molar-refractivity contribution >= 4 is 5.91 Å². The van der Waals surface area contributed by atoms with Crippen molar-refractivity contribution in [3.8, 4) is 0 Å². The Morgan fingerprint density at radius 3 is 2.75 bits per heavy atom. The smallest absolute Gasteiger partial charge is 0.257 e. The number of likely N-dealkylation sites (tertiary alicyclic amines) is 2. The minimum atomic E-state index is 0.115. The molecule has 2 fully saturated rings. The maximum absolute atomic E-state index is 12.7. The third-order valence-electron chi connectivity index (χ3n) is 5.33. The number of carbonyl (C=O) groups excluding carboxylic acids is 1. The molecule has 0 bridgehead atoms. The van der Waals surface area contributed by atoms with Crippen molar-refractivity contribution in [3.05, 3.63) is 41.6 Å². The summed E-state index contributed by atoms with van der Waals surface area (Å²) in [6, 6.07) is 4.91. The fourth-order valence-corrected chi connectivity index (χ4v) is 4.12.